The van der Waals surface area contributed by atoms with Gasteiger partial charge in [-0.2, -0.15) is 0 Å². The van der Waals surface area contributed by atoms with Crippen molar-refractivity contribution in [3.8, 4) is 0 Å². The van der Waals surface area contributed by atoms with E-state index in [4.69, 9.17) is 4.74 Å². The second-order valence-corrected chi connectivity index (χ2v) is 6.60. The number of aromatic nitrogens is 4. The number of ether oxygens (including phenoxy) is 1. The van der Waals surface area contributed by atoms with Crippen LogP contribution in [-0.2, 0) is 4.74 Å². The fourth-order valence-corrected chi connectivity index (χ4v) is 3.56. The van der Waals surface area contributed by atoms with Crippen molar-refractivity contribution in [2.24, 2.45) is 0 Å². The second kappa shape index (κ2) is 5.62. The van der Waals surface area contributed by atoms with Crippen LogP contribution in [0.5, 0.6) is 0 Å². The lowest BCUT2D eigenvalue weighted by Crippen LogP contribution is -2.44. The molecular weight excluding hydrogens is 314 g/mol. The quantitative estimate of drug-likeness (QED) is 0.683. The van der Waals surface area contributed by atoms with Crippen LogP contribution in [0.15, 0.2) is 12.7 Å². The molecule has 2 aliphatic rings. The van der Waals surface area contributed by atoms with E-state index in [-0.39, 0.29) is 6.61 Å². The normalized spacial score (nSPS) is 33.7. The molecule has 130 valence electrons. The minimum absolute atomic E-state index is 0.380. The van der Waals surface area contributed by atoms with Gasteiger partial charge in [0, 0.05) is 13.1 Å². The molecule has 24 heavy (non-hydrogen) atoms. The standard InChI is InChI=1S/C15H21N5O4/c1-15(23)11(22)9(6-21)24-14(15)20-8-18-10-12(16-7-17-13(10)20)19-4-2-3-5-19/h7-9,11,14,21-23H,2-6H2,1H3/t9-,11-,14-,15-/m1/s1. The zero-order valence-electron chi connectivity index (χ0n) is 13.4. The summed E-state index contributed by atoms with van der Waals surface area (Å²) in [7, 11) is 0. The van der Waals surface area contributed by atoms with Gasteiger partial charge in [0.05, 0.1) is 12.9 Å². The highest BCUT2D eigenvalue weighted by atomic mass is 16.6. The Bertz CT molecular complexity index is 743. The zero-order valence-corrected chi connectivity index (χ0v) is 13.4. The van der Waals surface area contributed by atoms with Crippen LogP contribution < -0.4 is 4.90 Å². The topological polar surface area (TPSA) is 117 Å². The van der Waals surface area contributed by atoms with Crippen LogP contribution in [0, 0.1) is 0 Å². The van der Waals surface area contributed by atoms with Crippen molar-refractivity contribution in [2.45, 2.75) is 43.8 Å². The van der Waals surface area contributed by atoms with Gasteiger partial charge in [-0.3, -0.25) is 4.57 Å². The monoisotopic (exact) mass is 335 g/mol. The van der Waals surface area contributed by atoms with E-state index in [0.29, 0.717) is 11.2 Å². The molecule has 0 aliphatic carbocycles. The first-order valence-electron chi connectivity index (χ1n) is 8.13. The van der Waals surface area contributed by atoms with Crippen molar-refractivity contribution in [1.82, 2.24) is 19.5 Å². The van der Waals surface area contributed by atoms with E-state index in [2.05, 4.69) is 19.9 Å². The van der Waals surface area contributed by atoms with Crippen LogP contribution in [0.4, 0.5) is 5.82 Å². The first-order chi connectivity index (χ1) is 11.5. The summed E-state index contributed by atoms with van der Waals surface area (Å²) in [6.45, 7) is 2.96. The van der Waals surface area contributed by atoms with Gasteiger partial charge in [-0.1, -0.05) is 0 Å². The minimum Gasteiger partial charge on any atom is -0.394 e. The third kappa shape index (κ3) is 2.20. The average molecular weight is 335 g/mol. The molecule has 9 heteroatoms. The Kier molecular flexibility index (Phi) is 3.68. The molecule has 0 amide bonds. The predicted octanol–water partition coefficient (Wildman–Crippen LogP) is -0.572. The van der Waals surface area contributed by atoms with E-state index in [0.717, 1.165) is 31.7 Å². The van der Waals surface area contributed by atoms with Gasteiger partial charge in [0.2, 0.25) is 0 Å². The minimum atomic E-state index is -1.57. The number of aliphatic hydroxyl groups is 3. The molecule has 2 aromatic rings. The van der Waals surface area contributed by atoms with Crippen molar-refractivity contribution in [3.05, 3.63) is 12.7 Å². The highest BCUT2D eigenvalue weighted by Crippen LogP contribution is 2.39. The Morgan fingerprint density at radius 2 is 2.04 bits per heavy atom. The largest absolute Gasteiger partial charge is 0.394 e. The van der Waals surface area contributed by atoms with Gasteiger partial charge in [-0.15, -0.1) is 0 Å². The van der Waals surface area contributed by atoms with E-state index < -0.39 is 24.0 Å². The zero-order chi connectivity index (χ0) is 16.9. The fraction of sp³-hybridized carbons (Fsp3) is 0.667. The Hall–Kier alpha value is -1.81. The maximum Gasteiger partial charge on any atom is 0.168 e. The van der Waals surface area contributed by atoms with E-state index in [1.807, 2.05) is 0 Å². The highest BCUT2D eigenvalue weighted by Gasteiger charge is 2.53. The van der Waals surface area contributed by atoms with Crippen LogP contribution in [0.3, 0.4) is 0 Å². The van der Waals surface area contributed by atoms with Gasteiger partial charge < -0.3 is 25.0 Å². The first kappa shape index (κ1) is 15.7. The smallest absolute Gasteiger partial charge is 0.168 e. The van der Waals surface area contributed by atoms with Crippen molar-refractivity contribution in [2.75, 3.05) is 24.6 Å². The summed E-state index contributed by atoms with van der Waals surface area (Å²) >= 11 is 0. The van der Waals surface area contributed by atoms with E-state index in [1.165, 1.54) is 19.6 Å². The van der Waals surface area contributed by atoms with Gasteiger partial charge in [-0.05, 0) is 19.8 Å². The van der Waals surface area contributed by atoms with Gasteiger partial charge >= 0.3 is 0 Å². The number of hydrogen-bond acceptors (Lipinski definition) is 8. The molecular formula is C15H21N5O4. The number of anilines is 1. The lowest BCUT2D eigenvalue weighted by Gasteiger charge is -2.27. The van der Waals surface area contributed by atoms with Crippen molar-refractivity contribution >= 4 is 17.0 Å². The summed E-state index contributed by atoms with van der Waals surface area (Å²) in [4.78, 5) is 15.2. The molecule has 9 nitrogen and oxygen atoms in total. The Morgan fingerprint density at radius 1 is 1.29 bits per heavy atom. The Morgan fingerprint density at radius 3 is 2.71 bits per heavy atom. The van der Waals surface area contributed by atoms with E-state index >= 15 is 0 Å². The first-order valence-corrected chi connectivity index (χ1v) is 8.13. The van der Waals surface area contributed by atoms with Gasteiger partial charge in [-0.25, -0.2) is 15.0 Å². The van der Waals surface area contributed by atoms with Gasteiger partial charge in [0.1, 0.15) is 24.1 Å². The third-order valence-corrected chi connectivity index (χ3v) is 4.93. The predicted molar refractivity (Wildman–Crippen MR) is 84.4 cm³/mol. The number of aliphatic hydroxyl groups excluding tert-OH is 2. The van der Waals surface area contributed by atoms with Crippen molar-refractivity contribution in [3.63, 3.8) is 0 Å². The van der Waals surface area contributed by atoms with Crippen molar-refractivity contribution < 1.29 is 20.1 Å². The van der Waals surface area contributed by atoms with E-state index in [1.54, 1.807) is 4.57 Å². The number of imidazole rings is 1. The summed E-state index contributed by atoms with van der Waals surface area (Å²) in [6.07, 6.45) is 2.29. The molecule has 2 fully saturated rings. The average Bonchev–Trinajstić information content (AvgIpc) is 3.28. The molecule has 0 unspecified atom stereocenters. The molecule has 2 aliphatic heterocycles. The summed E-state index contributed by atoms with van der Waals surface area (Å²) < 4.78 is 7.25. The lowest BCUT2D eigenvalue weighted by molar-refractivity contribution is -0.0950. The third-order valence-electron chi connectivity index (χ3n) is 4.93. The maximum atomic E-state index is 10.6. The van der Waals surface area contributed by atoms with Gasteiger partial charge in [0.15, 0.2) is 23.2 Å². The van der Waals surface area contributed by atoms with Crippen LogP contribution in [0.25, 0.3) is 11.2 Å². The van der Waals surface area contributed by atoms with Crippen LogP contribution >= 0.6 is 0 Å². The molecule has 0 aromatic carbocycles. The highest BCUT2D eigenvalue weighted by molar-refractivity contribution is 5.83. The summed E-state index contributed by atoms with van der Waals surface area (Å²) in [6, 6.07) is 0. The number of hydrogen-bond donors (Lipinski definition) is 3. The molecule has 4 atom stereocenters. The SMILES string of the molecule is C[C@@]1(O)[C@H](O)[C@@H](CO)O[C@H]1n1cnc2c(N3CCCC3)ncnc21. The Labute approximate surface area is 138 Å². The summed E-state index contributed by atoms with van der Waals surface area (Å²) in [5.41, 5.74) is -0.400. The molecule has 0 saturated carbocycles. The number of rotatable bonds is 3. The van der Waals surface area contributed by atoms with Crippen LogP contribution in [0.2, 0.25) is 0 Å². The molecule has 0 bridgehead atoms. The molecule has 2 aromatic heterocycles. The second-order valence-electron chi connectivity index (χ2n) is 6.60. The number of nitrogens with zero attached hydrogens (tertiary/aromatic N) is 5. The maximum absolute atomic E-state index is 10.6. The van der Waals surface area contributed by atoms with Crippen molar-refractivity contribution in [1.29, 1.82) is 0 Å². The van der Waals surface area contributed by atoms with Crippen LogP contribution in [0.1, 0.15) is 26.0 Å². The van der Waals surface area contributed by atoms with Crippen LogP contribution in [-0.4, -0.2) is 72.3 Å². The van der Waals surface area contributed by atoms with E-state index in [9.17, 15) is 15.3 Å². The molecule has 0 spiro atoms. The number of fused-ring (bicyclic) bond motifs is 1. The van der Waals surface area contributed by atoms with Gasteiger partial charge in [0.25, 0.3) is 0 Å². The molecule has 4 rings (SSSR count). The molecule has 2 saturated heterocycles. The molecule has 4 heterocycles. The molecule has 3 N–H and O–H groups in total. The summed E-state index contributed by atoms with van der Waals surface area (Å²) in [5.74, 6) is 0.771. The lowest BCUT2D eigenvalue weighted by atomic mass is 9.96. The fourth-order valence-electron chi connectivity index (χ4n) is 3.56. The summed E-state index contributed by atoms with van der Waals surface area (Å²) in [5, 5.41) is 30.2. The Balaban J connectivity index is 1.77. The molecule has 0 radical (unpaired) electrons.